The van der Waals surface area contributed by atoms with E-state index < -0.39 is 11.9 Å². The second kappa shape index (κ2) is 10.7. The summed E-state index contributed by atoms with van der Waals surface area (Å²) in [6.07, 6.45) is 3.21. The molecule has 2 aromatic rings. The first kappa shape index (κ1) is 22.4. The zero-order valence-electron chi connectivity index (χ0n) is 18.0. The third-order valence-corrected chi connectivity index (χ3v) is 5.41. The molecule has 0 saturated carbocycles. The number of methoxy groups -OCH3 is 1. The lowest BCUT2D eigenvalue weighted by molar-refractivity contribution is -0.134. The summed E-state index contributed by atoms with van der Waals surface area (Å²) >= 11 is 0. The average molecular weight is 428 g/mol. The van der Waals surface area contributed by atoms with Crippen LogP contribution in [0.2, 0.25) is 0 Å². The fourth-order valence-corrected chi connectivity index (χ4v) is 3.60. The molecule has 0 radical (unpaired) electrons. The van der Waals surface area contributed by atoms with E-state index in [2.05, 4.69) is 5.32 Å². The molecule has 1 aromatic carbocycles. The van der Waals surface area contributed by atoms with Crippen LogP contribution >= 0.6 is 0 Å². The Balaban J connectivity index is 1.46. The van der Waals surface area contributed by atoms with E-state index in [1.54, 1.807) is 31.1 Å². The Morgan fingerprint density at radius 1 is 1.06 bits per heavy atom. The number of amides is 3. The Labute approximate surface area is 182 Å². The monoisotopic (exact) mass is 427 g/mol. The summed E-state index contributed by atoms with van der Waals surface area (Å²) in [5, 5.41) is 2.67. The maximum atomic E-state index is 12.8. The number of ether oxygens (including phenoxy) is 1. The average Bonchev–Trinajstić information content (AvgIpc) is 3.22. The van der Waals surface area contributed by atoms with Gasteiger partial charge in [0.05, 0.1) is 13.4 Å². The van der Waals surface area contributed by atoms with Crippen LogP contribution in [0.1, 0.15) is 35.9 Å². The van der Waals surface area contributed by atoms with Gasteiger partial charge in [-0.1, -0.05) is 12.1 Å². The van der Waals surface area contributed by atoms with Crippen molar-refractivity contribution in [3.05, 3.63) is 54.0 Å². The second-order valence-corrected chi connectivity index (χ2v) is 7.58. The molecule has 1 saturated heterocycles. The lowest BCUT2D eigenvalue weighted by Crippen LogP contribution is -2.48. The summed E-state index contributed by atoms with van der Waals surface area (Å²) in [6.45, 7) is 3.78. The first-order chi connectivity index (χ1) is 15.0. The van der Waals surface area contributed by atoms with Crippen LogP contribution in [0.4, 0.5) is 0 Å². The van der Waals surface area contributed by atoms with Gasteiger partial charge in [0.25, 0.3) is 5.91 Å². The van der Waals surface area contributed by atoms with Crippen molar-refractivity contribution in [3.63, 3.8) is 0 Å². The van der Waals surface area contributed by atoms with E-state index in [0.717, 1.165) is 11.3 Å². The Morgan fingerprint density at radius 2 is 1.77 bits per heavy atom. The largest absolute Gasteiger partial charge is 0.497 e. The molecule has 1 fully saturated rings. The number of aryl methyl sites for hydroxylation is 1. The van der Waals surface area contributed by atoms with Crippen molar-refractivity contribution in [1.82, 2.24) is 15.1 Å². The van der Waals surface area contributed by atoms with Crippen LogP contribution < -0.4 is 10.1 Å². The van der Waals surface area contributed by atoms with Gasteiger partial charge in [-0.05, 0) is 49.6 Å². The van der Waals surface area contributed by atoms with Crippen LogP contribution in [0, 0.1) is 0 Å². The van der Waals surface area contributed by atoms with E-state index in [0.29, 0.717) is 45.4 Å². The van der Waals surface area contributed by atoms with Crippen LogP contribution in [0.3, 0.4) is 0 Å². The summed E-state index contributed by atoms with van der Waals surface area (Å²) in [4.78, 5) is 41.1. The quantitative estimate of drug-likeness (QED) is 0.731. The standard InChI is InChI=1S/C23H29N3O5/c1-17(24-22(28)20-5-3-16-31-20)23(29)26-13-4-12-25(14-15-26)21(27)11-8-18-6-9-19(30-2)10-7-18/h3,5-7,9-10,16-17H,4,8,11-15H2,1-2H3,(H,24,28). The minimum Gasteiger partial charge on any atom is -0.497 e. The van der Waals surface area contributed by atoms with Crippen molar-refractivity contribution in [3.8, 4) is 5.75 Å². The number of nitrogens with zero attached hydrogens (tertiary/aromatic N) is 2. The van der Waals surface area contributed by atoms with Crippen LogP contribution in [0.25, 0.3) is 0 Å². The number of hydrogen-bond acceptors (Lipinski definition) is 5. The predicted molar refractivity (Wildman–Crippen MR) is 115 cm³/mol. The van der Waals surface area contributed by atoms with Gasteiger partial charge < -0.3 is 24.3 Å². The highest BCUT2D eigenvalue weighted by molar-refractivity contribution is 5.95. The molecule has 0 bridgehead atoms. The van der Waals surface area contributed by atoms with Crippen molar-refractivity contribution >= 4 is 17.7 Å². The molecule has 1 unspecified atom stereocenters. The minimum atomic E-state index is -0.671. The van der Waals surface area contributed by atoms with E-state index in [9.17, 15) is 14.4 Å². The van der Waals surface area contributed by atoms with Gasteiger partial charge in [-0.3, -0.25) is 14.4 Å². The molecule has 8 heteroatoms. The van der Waals surface area contributed by atoms with Crippen molar-refractivity contribution in [2.75, 3.05) is 33.3 Å². The van der Waals surface area contributed by atoms with Gasteiger partial charge in [-0.25, -0.2) is 0 Å². The van der Waals surface area contributed by atoms with Crippen LogP contribution in [0.15, 0.2) is 47.1 Å². The number of hydrogen-bond donors (Lipinski definition) is 1. The number of furan rings is 1. The summed E-state index contributed by atoms with van der Waals surface area (Å²) in [7, 11) is 1.62. The molecule has 1 aromatic heterocycles. The lowest BCUT2D eigenvalue weighted by Gasteiger charge is -2.25. The SMILES string of the molecule is COc1ccc(CCC(=O)N2CCCN(C(=O)C(C)NC(=O)c3ccco3)CC2)cc1. The molecule has 1 N–H and O–H groups in total. The van der Waals surface area contributed by atoms with Gasteiger partial charge in [-0.15, -0.1) is 0 Å². The predicted octanol–water partition coefficient (Wildman–Crippen LogP) is 2.10. The summed E-state index contributed by atoms with van der Waals surface area (Å²) in [5.74, 6) is 0.471. The fourth-order valence-electron chi connectivity index (χ4n) is 3.60. The Morgan fingerprint density at radius 3 is 2.45 bits per heavy atom. The Kier molecular flexibility index (Phi) is 7.70. The van der Waals surface area contributed by atoms with Gasteiger partial charge in [0.15, 0.2) is 5.76 Å². The van der Waals surface area contributed by atoms with Gasteiger partial charge in [0.1, 0.15) is 11.8 Å². The zero-order valence-corrected chi connectivity index (χ0v) is 18.0. The fraction of sp³-hybridized carbons (Fsp3) is 0.435. The second-order valence-electron chi connectivity index (χ2n) is 7.58. The molecule has 166 valence electrons. The Bertz CT molecular complexity index is 879. The number of nitrogens with one attached hydrogen (secondary N) is 1. The van der Waals surface area contributed by atoms with Crippen molar-refractivity contribution < 1.29 is 23.5 Å². The first-order valence-corrected chi connectivity index (χ1v) is 10.5. The normalized spacial score (nSPS) is 15.2. The number of benzene rings is 1. The van der Waals surface area contributed by atoms with Crippen molar-refractivity contribution in [2.45, 2.75) is 32.2 Å². The number of carbonyl (C=O) groups excluding carboxylic acids is 3. The molecule has 8 nitrogen and oxygen atoms in total. The molecular formula is C23H29N3O5. The Hall–Kier alpha value is -3.29. The molecule has 1 aliphatic rings. The zero-order chi connectivity index (χ0) is 22.2. The van der Waals surface area contributed by atoms with E-state index in [4.69, 9.17) is 9.15 Å². The van der Waals surface area contributed by atoms with Crippen LogP contribution in [-0.4, -0.2) is 66.9 Å². The van der Waals surface area contributed by atoms with Gasteiger partial charge in [-0.2, -0.15) is 0 Å². The van der Waals surface area contributed by atoms with Gasteiger partial charge in [0, 0.05) is 32.6 Å². The van der Waals surface area contributed by atoms with Crippen molar-refractivity contribution in [2.24, 2.45) is 0 Å². The summed E-state index contributed by atoms with van der Waals surface area (Å²) in [6, 6.07) is 10.2. The molecule has 3 amide bonds. The van der Waals surface area contributed by atoms with E-state index in [1.807, 2.05) is 29.2 Å². The molecule has 0 spiro atoms. The first-order valence-electron chi connectivity index (χ1n) is 10.5. The van der Waals surface area contributed by atoms with Crippen LogP contribution in [-0.2, 0) is 16.0 Å². The van der Waals surface area contributed by atoms with E-state index in [1.165, 1.54) is 6.26 Å². The summed E-state index contributed by atoms with van der Waals surface area (Å²) in [5.41, 5.74) is 1.09. The van der Waals surface area contributed by atoms with Gasteiger partial charge in [0.2, 0.25) is 11.8 Å². The molecule has 3 rings (SSSR count). The maximum Gasteiger partial charge on any atom is 0.287 e. The third kappa shape index (κ3) is 6.10. The highest BCUT2D eigenvalue weighted by Crippen LogP contribution is 2.14. The molecular weight excluding hydrogens is 398 g/mol. The lowest BCUT2D eigenvalue weighted by atomic mass is 10.1. The van der Waals surface area contributed by atoms with Crippen molar-refractivity contribution in [1.29, 1.82) is 0 Å². The molecule has 1 aliphatic heterocycles. The molecule has 1 atom stereocenters. The molecule has 31 heavy (non-hydrogen) atoms. The maximum absolute atomic E-state index is 12.8. The van der Waals surface area contributed by atoms with Gasteiger partial charge >= 0.3 is 0 Å². The highest BCUT2D eigenvalue weighted by atomic mass is 16.5. The highest BCUT2D eigenvalue weighted by Gasteiger charge is 2.26. The molecule has 2 heterocycles. The third-order valence-electron chi connectivity index (χ3n) is 5.41. The topological polar surface area (TPSA) is 92.1 Å². The minimum absolute atomic E-state index is 0.0873. The molecule has 0 aliphatic carbocycles. The van der Waals surface area contributed by atoms with E-state index in [-0.39, 0.29) is 17.6 Å². The number of carbonyl (C=O) groups is 3. The number of rotatable bonds is 7. The van der Waals surface area contributed by atoms with Crippen LogP contribution in [0.5, 0.6) is 5.75 Å². The summed E-state index contributed by atoms with van der Waals surface area (Å²) < 4.78 is 10.2. The smallest absolute Gasteiger partial charge is 0.287 e. The van der Waals surface area contributed by atoms with E-state index >= 15 is 0 Å².